The van der Waals surface area contributed by atoms with Gasteiger partial charge in [0.15, 0.2) is 0 Å². The molecule has 0 aromatic rings. The van der Waals surface area contributed by atoms with Crippen molar-refractivity contribution in [3.63, 3.8) is 0 Å². The number of rotatable bonds is 10. The van der Waals surface area contributed by atoms with Gasteiger partial charge >= 0.3 is 0 Å². The molecule has 31 heavy (non-hydrogen) atoms. The minimum Gasteiger partial charge on any atom is -0.0808 e. The quantitative estimate of drug-likeness (QED) is 0.299. The van der Waals surface area contributed by atoms with Gasteiger partial charge in [-0.1, -0.05) is 114 Å². The maximum Gasteiger partial charge on any atom is 0.0604 e. The molecule has 1 heteroatoms. The molecule has 0 nitrogen and oxygen atoms in total. The average molecular weight is 437 g/mol. The van der Waals surface area contributed by atoms with Gasteiger partial charge in [0.2, 0.25) is 0 Å². The van der Waals surface area contributed by atoms with Crippen LogP contribution in [0.3, 0.4) is 0 Å². The Labute approximate surface area is 194 Å². The molecule has 0 aromatic carbocycles. The molecule has 2 saturated carbocycles. The van der Waals surface area contributed by atoms with E-state index in [1.165, 1.54) is 63.5 Å². The van der Waals surface area contributed by atoms with E-state index in [9.17, 15) is 0 Å². The number of hydrogen-bond acceptors (Lipinski definition) is 0. The van der Waals surface area contributed by atoms with E-state index in [0.717, 1.165) is 46.6 Å². The average Bonchev–Trinajstić information content (AvgIpc) is 3.38. The summed E-state index contributed by atoms with van der Waals surface area (Å²) in [5.74, 6) is 5.24. The topological polar surface area (TPSA) is 0 Å². The fraction of sp³-hybridized carbons (Fsp3) is 0.733. The van der Waals surface area contributed by atoms with Crippen molar-refractivity contribution in [1.29, 1.82) is 0 Å². The molecular weight excluding hydrogens is 388 g/mol. The van der Waals surface area contributed by atoms with Crippen molar-refractivity contribution in [2.75, 3.05) is 0 Å². The number of allylic oxidation sites excluding steroid dienone is 8. The van der Waals surface area contributed by atoms with Crippen LogP contribution in [-0.2, 0) is 0 Å². The van der Waals surface area contributed by atoms with E-state index in [2.05, 4.69) is 76.3 Å². The molecule has 0 aromatic heterocycles. The lowest BCUT2D eigenvalue weighted by Gasteiger charge is -2.46. The molecule has 0 N–H and O–H groups in total. The predicted octanol–water partition coefficient (Wildman–Crippen LogP) is 9.35. The van der Waals surface area contributed by atoms with Crippen LogP contribution in [0.15, 0.2) is 48.6 Å². The van der Waals surface area contributed by atoms with Crippen LogP contribution in [0.2, 0.25) is 23.2 Å². The summed E-state index contributed by atoms with van der Waals surface area (Å²) in [5, 5.41) is 0. The zero-order valence-electron chi connectivity index (χ0n) is 20.8. The van der Waals surface area contributed by atoms with Crippen molar-refractivity contribution in [3.8, 4) is 0 Å². The second-order valence-electron chi connectivity index (χ2n) is 11.3. The van der Waals surface area contributed by atoms with E-state index >= 15 is 0 Å². The van der Waals surface area contributed by atoms with E-state index in [0.29, 0.717) is 0 Å². The van der Waals surface area contributed by atoms with Crippen LogP contribution in [-0.4, -0.2) is 8.07 Å². The highest BCUT2D eigenvalue weighted by Gasteiger charge is 2.58. The SMILES string of the molecule is CCCCC1CC([Si](CC)(CC)C2CC(CCCC)C3C=CC=CC32)C2C=CC=CC12. The third-order valence-electron chi connectivity index (χ3n) is 10.2. The minimum absolute atomic E-state index is 0.835. The summed E-state index contributed by atoms with van der Waals surface area (Å²) in [5.41, 5.74) is 2.01. The first kappa shape index (κ1) is 23.3. The lowest BCUT2D eigenvalue weighted by molar-refractivity contribution is 0.382. The molecule has 4 rings (SSSR count). The second-order valence-corrected chi connectivity index (χ2v) is 16.6. The molecule has 8 atom stereocenters. The first-order valence-corrected chi connectivity index (χ1v) is 16.5. The summed E-state index contributed by atoms with van der Waals surface area (Å²) in [6.07, 6.45) is 31.6. The highest BCUT2D eigenvalue weighted by atomic mass is 28.3. The van der Waals surface area contributed by atoms with E-state index in [-0.39, 0.29) is 0 Å². The molecular formula is C30H48Si. The van der Waals surface area contributed by atoms with Crippen molar-refractivity contribution >= 4 is 8.07 Å². The fourth-order valence-corrected chi connectivity index (χ4v) is 15.6. The lowest BCUT2D eigenvalue weighted by atomic mass is 9.84. The van der Waals surface area contributed by atoms with Crippen molar-refractivity contribution in [2.24, 2.45) is 35.5 Å². The highest BCUT2D eigenvalue weighted by molar-refractivity contribution is 6.82. The molecule has 0 amide bonds. The molecule has 0 heterocycles. The van der Waals surface area contributed by atoms with E-state index in [1.54, 1.807) is 0 Å². The molecule has 0 radical (unpaired) electrons. The van der Waals surface area contributed by atoms with Crippen molar-refractivity contribution in [3.05, 3.63) is 48.6 Å². The molecule has 0 bridgehead atoms. The molecule has 4 aliphatic rings. The Kier molecular flexibility index (Phi) is 7.84. The van der Waals surface area contributed by atoms with E-state index in [4.69, 9.17) is 0 Å². The summed E-state index contributed by atoms with van der Waals surface area (Å²) in [7, 11) is -1.43. The summed E-state index contributed by atoms with van der Waals surface area (Å²) >= 11 is 0. The van der Waals surface area contributed by atoms with Crippen molar-refractivity contribution in [2.45, 2.75) is 102 Å². The molecule has 8 unspecified atom stereocenters. The smallest absolute Gasteiger partial charge is 0.0604 e. The van der Waals surface area contributed by atoms with E-state index < -0.39 is 8.07 Å². The van der Waals surface area contributed by atoms with Gasteiger partial charge < -0.3 is 0 Å². The molecule has 4 aliphatic carbocycles. The van der Waals surface area contributed by atoms with Gasteiger partial charge in [-0.15, -0.1) is 0 Å². The molecule has 172 valence electrons. The Morgan fingerprint density at radius 2 is 0.968 bits per heavy atom. The van der Waals surface area contributed by atoms with Crippen LogP contribution >= 0.6 is 0 Å². The second kappa shape index (κ2) is 10.4. The lowest BCUT2D eigenvalue weighted by Crippen LogP contribution is -2.46. The van der Waals surface area contributed by atoms with Crippen LogP contribution in [0, 0.1) is 35.5 Å². The normalized spacial score (nSPS) is 38.6. The Bertz CT molecular complexity index is 637. The number of fused-ring (bicyclic) bond motifs is 2. The van der Waals surface area contributed by atoms with Gasteiger partial charge in [-0.3, -0.25) is 0 Å². The van der Waals surface area contributed by atoms with Gasteiger partial charge in [0.25, 0.3) is 0 Å². The Morgan fingerprint density at radius 1 is 0.581 bits per heavy atom. The van der Waals surface area contributed by atoms with Gasteiger partial charge in [0, 0.05) is 0 Å². The van der Waals surface area contributed by atoms with Gasteiger partial charge in [-0.25, -0.2) is 0 Å². The zero-order chi connectivity index (χ0) is 21.8. The predicted molar refractivity (Wildman–Crippen MR) is 140 cm³/mol. The standard InChI is InChI=1S/C30H48Si/c1-5-9-15-23-21-29(27-19-13-11-17-25(23)27)31(7-3,8-4)30-22-24(16-10-6-2)26-18-12-14-20-28(26)30/h11-14,17-20,23-30H,5-10,15-16,21-22H2,1-4H3. The van der Waals surface area contributed by atoms with Gasteiger partial charge in [0.1, 0.15) is 0 Å². The van der Waals surface area contributed by atoms with Gasteiger partial charge in [-0.2, -0.15) is 0 Å². The Morgan fingerprint density at radius 3 is 1.32 bits per heavy atom. The monoisotopic (exact) mass is 436 g/mol. The molecule has 0 spiro atoms. The van der Waals surface area contributed by atoms with E-state index in [1.807, 2.05) is 0 Å². The summed E-state index contributed by atoms with van der Waals surface area (Å²) in [6.45, 7) is 9.94. The third-order valence-corrected chi connectivity index (χ3v) is 17.1. The van der Waals surface area contributed by atoms with Crippen LogP contribution in [0.5, 0.6) is 0 Å². The molecule has 0 saturated heterocycles. The summed E-state index contributed by atoms with van der Waals surface area (Å²) in [6, 6.07) is 3.00. The number of unbranched alkanes of at least 4 members (excludes halogenated alkanes) is 2. The largest absolute Gasteiger partial charge is 0.0808 e. The summed E-state index contributed by atoms with van der Waals surface area (Å²) < 4.78 is 0. The van der Waals surface area contributed by atoms with Crippen LogP contribution in [0.1, 0.15) is 79.1 Å². The number of hydrogen-bond donors (Lipinski definition) is 0. The molecule has 0 aliphatic heterocycles. The zero-order valence-corrected chi connectivity index (χ0v) is 21.8. The minimum atomic E-state index is -1.43. The highest BCUT2D eigenvalue weighted by Crippen LogP contribution is 2.64. The van der Waals surface area contributed by atoms with Crippen molar-refractivity contribution < 1.29 is 0 Å². The van der Waals surface area contributed by atoms with Gasteiger partial charge in [-0.05, 0) is 72.3 Å². The first-order chi connectivity index (χ1) is 15.2. The van der Waals surface area contributed by atoms with Gasteiger partial charge in [0.05, 0.1) is 8.07 Å². The van der Waals surface area contributed by atoms with Crippen LogP contribution in [0.25, 0.3) is 0 Å². The maximum atomic E-state index is 2.66. The van der Waals surface area contributed by atoms with Crippen molar-refractivity contribution in [1.82, 2.24) is 0 Å². The summed E-state index contributed by atoms with van der Waals surface area (Å²) in [4.78, 5) is 0. The third kappa shape index (κ3) is 4.25. The van der Waals surface area contributed by atoms with Crippen LogP contribution in [0.4, 0.5) is 0 Å². The fourth-order valence-electron chi connectivity index (χ4n) is 8.67. The maximum absolute atomic E-state index is 2.66. The molecule has 2 fully saturated rings. The first-order valence-electron chi connectivity index (χ1n) is 13.9. The Balaban J connectivity index is 1.65. The Hall–Kier alpha value is -0.823. The van der Waals surface area contributed by atoms with Crippen LogP contribution < -0.4 is 0 Å².